The van der Waals surface area contributed by atoms with E-state index in [4.69, 9.17) is 10.5 Å². The number of methoxy groups -OCH3 is 1. The highest BCUT2D eigenvalue weighted by Crippen LogP contribution is 2.28. The molecule has 0 bridgehead atoms. The van der Waals surface area contributed by atoms with Crippen molar-refractivity contribution < 1.29 is 19.1 Å². The number of primary amides is 1. The number of anilines is 1. The van der Waals surface area contributed by atoms with Gasteiger partial charge in [0.1, 0.15) is 5.75 Å². The normalized spacial score (nSPS) is 13.6. The smallest absolute Gasteiger partial charge is 0.322 e. The van der Waals surface area contributed by atoms with E-state index in [2.05, 4.69) is 20.5 Å². The van der Waals surface area contributed by atoms with Crippen molar-refractivity contribution in [2.75, 3.05) is 25.5 Å². The van der Waals surface area contributed by atoms with Gasteiger partial charge in [-0.3, -0.25) is 19.0 Å². The number of carbonyl (C=O) groups excluding carboxylic acids is 3. The van der Waals surface area contributed by atoms with Crippen LogP contribution in [0.3, 0.4) is 0 Å². The number of ketones is 1. The van der Waals surface area contributed by atoms with Crippen molar-refractivity contribution in [3.05, 3.63) is 48.2 Å². The summed E-state index contributed by atoms with van der Waals surface area (Å²) in [6, 6.07) is 10.0. The van der Waals surface area contributed by atoms with Gasteiger partial charge >= 0.3 is 6.03 Å². The van der Waals surface area contributed by atoms with Crippen LogP contribution in [0.25, 0.3) is 28.1 Å². The van der Waals surface area contributed by atoms with Gasteiger partial charge in [0, 0.05) is 30.3 Å². The SMILES string of the molecule is COc1cc2ncc3nnc(-c4ccc(NC(=O)N5CCC(=O)C5)cc4)n3c2cc1C(N)=O. The van der Waals surface area contributed by atoms with Crippen LogP contribution in [0, 0.1) is 0 Å². The summed E-state index contributed by atoms with van der Waals surface area (Å²) in [6.07, 6.45) is 1.96. The number of hydrogen-bond donors (Lipinski definition) is 2. The van der Waals surface area contributed by atoms with Crippen LogP contribution in [0.15, 0.2) is 42.6 Å². The first-order valence-corrected chi connectivity index (χ1v) is 10.1. The van der Waals surface area contributed by atoms with E-state index in [-0.39, 0.29) is 23.9 Å². The highest BCUT2D eigenvalue weighted by atomic mass is 16.5. The average Bonchev–Trinajstić information content (AvgIpc) is 3.45. The minimum absolute atomic E-state index is 0.0537. The number of amides is 3. The molecule has 0 radical (unpaired) electrons. The van der Waals surface area contributed by atoms with Gasteiger partial charge in [-0.2, -0.15) is 0 Å². The van der Waals surface area contributed by atoms with E-state index in [1.165, 1.54) is 12.0 Å². The molecule has 2 aromatic carbocycles. The first-order valence-electron chi connectivity index (χ1n) is 10.1. The second-order valence-electron chi connectivity index (χ2n) is 7.60. The van der Waals surface area contributed by atoms with Crippen LogP contribution in [0.5, 0.6) is 5.75 Å². The third kappa shape index (κ3) is 3.59. The third-order valence-corrected chi connectivity index (χ3v) is 5.52. The molecule has 3 amide bonds. The van der Waals surface area contributed by atoms with Crippen LogP contribution in [-0.4, -0.2) is 62.4 Å². The van der Waals surface area contributed by atoms with Crippen molar-refractivity contribution in [1.82, 2.24) is 24.5 Å². The maximum atomic E-state index is 12.3. The van der Waals surface area contributed by atoms with Gasteiger partial charge in [-0.05, 0) is 30.3 Å². The minimum atomic E-state index is -0.625. The summed E-state index contributed by atoms with van der Waals surface area (Å²) >= 11 is 0. The van der Waals surface area contributed by atoms with Crippen molar-refractivity contribution in [3.8, 4) is 17.1 Å². The zero-order valence-electron chi connectivity index (χ0n) is 17.6. The lowest BCUT2D eigenvalue weighted by molar-refractivity contribution is -0.116. The summed E-state index contributed by atoms with van der Waals surface area (Å²) in [7, 11) is 1.46. The third-order valence-electron chi connectivity index (χ3n) is 5.52. The minimum Gasteiger partial charge on any atom is -0.496 e. The van der Waals surface area contributed by atoms with E-state index >= 15 is 0 Å². The molecule has 11 heteroatoms. The van der Waals surface area contributed by atoms with E-state index in [9.17, 15) is 14.4 Å². The Morgan fingerprint density at radius 3 is 2.61 bits per heavy atom. The number of carbonyl (C=O) groups is 3. The van der Waals surface area contributed by atoms with Gasteiger partial charge in [0.05, 0.1) is 36.4 Å². The standard InChI is InChI=1S/C22H19N7O4/c1-33-18-9-16-17(8-15(18)20(23)31)29-19(10-24-16)26-27-21(29)12-2-4-13(5-3-12)25-22(32)28-7-6-14(30)11-28/h2-5,8-10H,6-7,11H2,1H3,(H2,23,31)(H,25,32). The topological polar surface area (TPSA) is 145 Å². The maximum absolute atomic E-state index is 12.3. The molecular formula is C22H19N7O4. The Bertz CT molecular complexity index is 1430. The Morgan fingerprint density at radius 2 is 1.94 bits per heavy atom. The van der Waals surface area contributed by atoms with Crippen molar-refractivity contribution in [3.63, 3.8) is 0 Å². The highest BCUT2D eigenvalue weighted by Gasteiger charge is 2.24. The molecule has 4 aromatic rings. The molecule has 3 N–H and O–H groups in total. The molecule has 33 heavy (non-hydrogen) atoms. The zero-order chi connectivity index (χ0) is 23.1. The molecule has 0 atom stereocenters. The van der Waals surface area contributed by atoms with E-state index in [1.54, 1.807) is 47.0 Å². The van der Waals surface area contributed by atoms with Gasteiger partial charge in [0.2, 0.25) is 0 Å². The molecule has 1 fully saturated rings. The van der Waals surface area contributed by atoms with E-state index < -0.39 is 5.91 Å². The molecule has 3 heterocycles. The van der Waals surface area contributed by atoms with Crippen LogP contribution in [0.2, 0.25) is 0 Å². The van der Waals surface area contributed by atoms with Crippen molar-refractivity contribution in [1.29, 1.82) is 0 Å². The van der Waals surface area contributed by atoms with E-state index in [0.29, 0.717) is 46.9 Å². The number of hydrogen-bond acceptors (Lipinski definition) is 7. The van der Waals surface area contributed by atoms with Gasteiger partial charge < -0.3 is 20.7 Å². The van der Waals surface area contributed by atoms with Crippen molar-refractivity contribution >= 4 is 40.1 Å². The number of aromatic nitrogens is 4. The lowest BCUT2D eigenvalue weighted by atomic mass is 10.1. The first-order chi connectivity index (χ1) is 15.9. The molecule has 5 rings (SSSR count). The number of nitrogens with zero attached hydrogens (tertiary/aromatic N) is 5. The molecule has 1 aliphatic rings. The van der Waals surface area contributed by atoms with Crippen LogP contribution < -0.4 is 15.8 Å². The molecule has 0 spiro atoms. The summed E-state index contributed by atoms with van der Waals surface area (Å²) < 4.78 is 7.05. The number of nitrogens with one attached hydrogen (secondary N) is 1. The quantitative estimate of drug-likeness (QED) is 0.488. The zero-order valence-corrected chi connectivity index (χ0v) is 17.6. The molecule has 0 aliphatic carbocycles. The van der Waals surface area contributed by atoms with Crippen LogP contribution in [0.1, 0.15) is 16.8 Å². The number of fused-ring (bicyclic) bond motifs is 3. The van der Waals surface area contributed by atoms with Gasteiger partial charge in [-0.15, -0.1) is 10.2 Å². The van der Waals surface area contributed by atoms with E-state index in [0.717, 1.165) is 5.56 Å². The van der Waals surface area contributed by atoms with Gasteiger partial charge in [0.25, 0.3) is 5.91 Å². The van der Waals surface area contributed by atoms with Gasteiger partial charge in [0.15, 0.2) is 17.3 Å². The average molecular weight is 445 g/mol. The number of urea groups is 1. The van der Waals surface area contributed by atoms with Gasteiger partial charge in [-0.1, -0.05) is 0 Å². The van der Waals surface area contributed by atoms with Crippen LogP contribution in [-0.2, 0) is 4.79 Å². The number of rotatable bonds is 4. The van der Waals surface area contributed by atoms with Crippen LogP contribution in [0.4, 0.5) is 10.5 Å². The fraction of sp³-hybridized carbons (Fsp3) is 0.182. The van der Waals surface area contributed by atoms with Crippen molar-refractivity contribution in [2.24, 2.45) is 5.73 Å². The Balaban J connectivity index is 1.52. The fourth-order valence-corrected chi connectivity index (χ4v) is 3.84. The van der Waals surface area contributed by atoms with E-state index in [1.807, 2.05) is 0 Å². The number of likely N-dealkylation sites (tertiary alicyclic amines) is 1. The summed E-state index contributed by atoms with van der Waals surface area (Å²) in [6.45, 7) is 0.558. The predicted molar refractivity (Wildman–Crippen MR) is 119 cm³/mol. The number of nitrogens with two attached hydrogens (primary N) is 1. The molecule has 1 saturated heterocycles. The maximum Gasteiger partial charge on any atom is 0.322 e. The van der Waals surface area contributed by atoms with Crippen LogP contribution >= 0.6 is 0 Å². The first kappa shape index (κ1) is 20.4. The highest BCUT2D eigenvalue weighted by molar-refractivity contribution is 6.00. The number of Topliss-reactive ketones (excluding diaryl/α,β-unsaturated/α-hetero) is 1. The number of ether oxygens (including phenoxy) is 1. The fourth-order valence-electron chi connectivity index (χ4n) is 3.84. The Kier molecular flexibility index (Phi) is 4.85. The molecule has 0 unspecified atom stereocenters. The summed E-state index contributed by atoms with van der Waals surface area (Å²) in [4.78, 5) is 41.5. The number of benzene rings is 2. The summed E-state index contributed by atoms with van der Waals surface area (Å²) in [5, 5.41) is 11.3. The lowest BCUT2D eigenvalue weighted by Gasteiger charge is -2.15. The predicted octanol–water partition coefficient (Wildman–Crippen LogP) is 1.86. The lowest BCUT2D eigenvalue weighted by Crippen LogP contribution is -2.32. The second kappa shape index (κ2) is 7.86. The van der Waals surface area contributed by atoms with Gasteiger partial charge in [-0.25, -0.2) is 4.79 Å². The molecule has 1 aliphatic heterocycles. The monoisotopic (exact) mass is 445 g/mol. The summed E-state index contributed by atoms with van der Waals surface area (Å²) in [5.41, 5.74) is 8.73. The largest absolute Gasteiger partial charge is 0.496 e. The van der Waals surface area contributed by atoms with Crippen molar-refractivity contribution in [2.45, 2.75) is 6.42 Å². The molecular weight excluding hydrogens is 426 g/mol. The second-order valence-corrected chi connectivity index (χ2v) is 7.60. The Hall–Kier alpha value is -4.54. The summed E-state index contributed by atoms with van der Waals surface area (Å²) in [5.74, 6) is 0.287. The molecule has 0 saturated carbocycles. The molecule has 2 aromatic heterocycles. The molecule has 11 nitrogen and oxygen atoms in total. The molecule has 166 valence electrons. The Morgan fingerprint density at radius 1 is 1.15 bits per heavy atom. The Labute approximate surface area is 187 Å².